The van der Waals surface area contributed by atoms with Crippen LogP contribution in [0.3, 0.4) is 0 Å². The van der Waals surface area contributed by atoms with Gasteiger partial charge in [0.05, 0.1) is 5.56 Å². The number of pyridine rings is 1. The molecule has 0 unspecified atom stereocenters. The summed E-state index contributed by atoms with van der Waals surface area (Å²) in [6, 6.07) is 2.82. The summed E-state index contributed by atoms with van der Waals surface area (Å²) in [6.45, 7) is 1.37. The quantitative estimate of drug-likeness (QED) is 0.620. The minimum atomic E-state index is -2.67. The van der Waals surface area contributed by atoms with Crippen molar-refractivity contribution in [2.24, 2.45) is 0 Å². The molecule has 2 aromatic rings. The maximum atomic E-state index is 12.4. The van der Waals surface area contributed by atoms with Crippen molar-refractivity contribution >= 4 is 17.7 Å². The van der Waals surface area contributed by atoms with E-state index in [2.05, 4.69) is 15.2 Å². The molecule has 0 aromatic carbocycles. The van der Waals surface area contributed by atoms with Gasteiger partial charge in [-0.2, -0.15) is 8.78 Å². The first kappa shape index (κ1) is 14.4. The zero-order chi connectivity index (χ0) is 14.5. The van der Waals surface area contributed by atoms with Gasteiger partial charge in [0.25, 0.3) is 11.6 Å². The Kier molecular flexibility index (Phi) is 4.61. The van der Waals surface area contributed by atoms with E-state index in [0.717, 1.165) is 0 Å². The summed E-state index contributed by atoms with van der Waals surface area (Å²) in [5.74, 6) is -2.98. The van der Waals surface area contributed by atoms with E-state index in [1.807, 2.05) is 0 Å². The van der Waals surface area contributed by atoms with Gasteiger partial charge in [-0.1, -0.05) is 0 Å². The molecule has 0 radical (unpaired) electrons. The highest BCUT2D eigenvalue weighted by Crippen LogP contribution is 2.26. The molecule has 20 heavy (non-hydrogen) atoms. The molecule has 0 fully saturated rings. The molecule has 0 atom stereocenters. The van der Waals surface area contributed by atoms with Crippen molar-refractivity contribution in [2.75, 3.05) is 0 Å². The first-order chi connectivity index (χ1) is 9.56. The molecular formula is C11H9F2N3O3S. The minimum Gasteiger partial charge on any atom is -0.452 e. The second-order valence-electron chi connectivity index (χ2n) is 3.53. The molecular weight excluding hydrogens is 292 g/mol. The van der Waals surface area contributed by atoms with Crippen molar-refractivity contribution in [1.29, 1.82) is 0 Å². The summed E-state index contributed by atoms with van der Waals surface area (Å²) in [5, 5.41) is 7.13. The molecule has 9 heteroatoms. The van der Waals surface area contributed by atoms with Gasteiger partial charge in [0.15, 0.2) is 6.61 Å². The van der Waals surface area contributed by atoms with Crippen LogP contribution in [-0.2, 0) is 11.3 Å². The number of esters is 1. The molecule has 0 aliphatic heterocycles. The standard InChI is InChI=1S/C11H9F2N3O3S/c1-6-15-16-8(19-6)5-18-10(17)7-3-2-4-14-9(7)20-11(12)13/h2-4,11H,5H2,1H3. The van der Waals surface area contributed by atoms with Crippen LogP contribution in [0.2, 0.25) is 0 Å². The van der Waals surface area contributed by atoms with E-state index in [9.17, 15) is 13.6 Å². The Balaban J connectivity index is 2.05. The number of hydrogen-bond donors (Lipinski definition) is 0. The predicted octanol–water partition coefficient (Wildman–Crippen LogP) is 2.44. The van der Waals surface area contributed by atoms with Gasteiger partial charge in [0.1, 0.15) is 5.03 Å². The Hall–Kier alpha value is -2.03. The maximum absolute atomic E-state index is 12.4. The molecule has 2 aromatic heterocycles. The third kappa shape index (κ3) is 3.73. The number of halogens is 2. The summed E-state index contributed by atoms with van der Waals surface area (Å²) < 4.78 is 34.7. The number of aryl methyl sites for hydroxylation is 1. The lowest BCUT2D eigenvalue weighted by atomic mass is 10.3. The second-order valence-corrected chi connectivity index (χ2v) is 4.50. The van der Waals surface area contributed by atoms with Crippen LogP contribution in [0.5, 0.6) is 0 Å². The molecule has 6 nitrogen and oxygen atoms in total. The molecule has 0 aliphatic rings. The van der Waals surface area contributed by atoms with Crippen molar-refractivity contribution in [2.45, 2.75) is 24.3 Å². The SMILES string of the molecule is Cc1nnc(COC(=O)c2cccnc2SC(F)F)o1. The Morgan fingerprint density at radius 1 is 1.50 bits per heavy atom. The average Bonchev–Trinajstić information content (AvgIpc) is 2.82. The van der Waals surface area contributed by atoms with Crippen LogP contribution in [0.1, 0.15) is 22.1 Å². The maximum Gasteiger partial charge on any atom is 0.341 e. The van der Waals surface area contributed by atoms with Gasteiger partial charge in [-0.3, -0.25) is 0 Å². The van der Waals surface area contributed by atoms with E-state index in [1.165, 1.54) is 18.3 Å². The number of carbonyl (C=O) groups is 1. The molecule has 0 bridgehead atoms. The lowest BCUT2D eigenvalue weighted by Gasteiger charge is -2.06. The van der Waals surface area contributed by atoms with Crippen LogP contribution in [0.25, 0.3) is 0 Å². The average molecular weight is 301 g/mol. The smallest absolute Gasteiger partial charge is 0.341 e. The number of carbonyl (C=O) groups excluding carboxylic acids is 1. The third-order valence-corrected chi connectivity index (χ3v) is 2.81. The van der Waals surface area contributed by atoms with Crippen LogP contribution in [0.15, 0.2) is 27.8 Å². The van der Waals surface area contributed by atoms with Gasteiger partial charge in [-0.25, -0.2) is 9.78 Å². The fraction of sp³-hybridized carbons (Fsp3) is 0.273. The summed E-state index contributed by atoms with van der Waals surface area (Å²) in [4.78, 5) is 15.5. The first-order valence-electron chi connectivity index (χ1n) is 5.42. The monoisotopic (exact) mass is 301 g/mol. The first-order valence-corrected chi connectivity index (χ1v) is 6.30. The molecule has 2 heterocycles. The fourth-order valence-electron chi connectivity index (χ4n) is 1.33. The fourth-order valence-corrected chi connectivity index (χ4v) is 1.89. The van der Waals surface area contributed by atoms with E-state index in [-0.39, 0.29) is 34.8 Å². The van der Waals surface area contributed by atoms with Crippen molar-refractivity contribution in [3.05, 3.63) is 35.7 Å². The highest BCUT2D eigenvalue weighted by atomic mass is 32.2. The number of nitrogens with zero attached hydrogens (tertiary/aromatic N) is 3. The van der Waals surface area contributed by atoms with Crippen LogP contribution in [0, 0.1) is 6.92 Å². The zero-order valence-corrected chi connectivity index (χ0v) is 11.1. The van der Waals surface area contributed by atoms with Crippen molar-refractivity contribution in [1.82, 2.24) is 15.2 Å². The molecule has 0 spiro atoms. The summed E-state index contributed by atoms with van der Waals surface area (Å²) in [5.41, 5.74) is -0.0333. The molecule has 106 valence electrons. The number of hydrogen-bond acceptors (Lipinski definition) is 7. The Bertz CT molecular complexity index is 606. The van der Waals surface area contributed by atoms with Crippen LogP contribution in [-0.4, -0.2) is 26.9 Å². The molecule has 0 saturated carbocycles. The van der Waals surface area contributed by atoms with Crippen molar-refractivity contribution in [3.8, 4) is 0 Å². The Labute approximate surface area is 116 Å². The zero-order valence-electron chi connectivity index (χ0n) is 10.2. The molecule has 0 N–H and O–H groups in total. The van der Waals surface area contributed by atoms with Crippen LogP contribution < -0.4 is 0 Å². The van der Waals surface area contributed by atoms with E-state index < -0.39 is 11.7 Å². The largest absolute Gasteiger partial charge is 0.452 e. The van der Waals surface area contributed by atoms with Gasteiger partial charge >= 0.3 is 5.97 Å². The lowest BCUT2D eigenvalue weighted by molar-refractivity contribution is 0.0431. The highest BCUT2D eigenvalue weighted by Gasteiger charge is 2.18. The number of thioether (sulfide) groups is 1. The van der Waals surface area contributed by atoms with E-state index in [0.29, 0.717) is 5.89 Å². The van der Waals surface area contributed by atoms with Crippen molar-refractivity contribution < 1.29 is 22.7 Å². The summed E-state index contributed by atoms with van der Waals surface area (Å²) in [6.07, 6.45) is 1.32. The van der Waals surface area contributed by atoms with Crippen LogP contribution in [0.4, 0.5) is 8.78 Å². The normalized spacial score (nSPS) is 10.8. The number of rotatable bonds is 5. The summed E-state index contributed by atoms with van der Waals surface area (Å²) in [7, 11) is 0. The Morgan fingerprint density at radius 3 is 2.95 bits per heavy atom. The number of aromatic nitrogens is 3. The Morgan fingerprint density at radius 2 is 2.30 bits per heavy atom. The lowest BCUT2D eigenvalue weighted by Crippen LogP contribution is -2.08. The molecule has 0 aliphatic carbocycles. The van der Waals surface area contributed by atoms with Gasteiger partial charge in [-0.15, -0.1) is 10.2 Å². The third-order valence-electron chi connectivity index (χ3n) is 2.09. The predicted molar refractivity (Wildman–Crippen MR) is 64.3 cm³/mol. The molecule has 2 rings (SSSR count). The van der Waals surface area contributed by atoms with Gasteiger partial charge in [0.2, 0.25) is 5.89 Å². The van der Waals surface area contributed by atoms with Gasteiger partial charge in [-0.05, 0) is 23.9 Å². The van der Waals surface area contributed by atoms with E-state index in [1.54, 1.807) is 6.92 Å². The topological polar surface area (TPSA) is 78.1 Å². The van der Waals surface area contributed by atoms with Crippen LogP contribution >= 0.6 is 11.8 Å². The molecule has 0 amide bonds. The molecule has 0 saturated heterocycles. The highest BCUT2D eigenvalue weighted by molar-refractivity contribution is 7.99. The van der Waals surface area contributed by atoms with E-state index >= 15 is 0 Å². The number of ether oxygens (including phenoxy) is 1. The van der Waals surface area contributed by atoms with Gasteiger partial charge < -0.3 is 9.15 Å². The summed E-state index contributed by atoms with van der Waals surface area (Å²) >= 11 is 0.182. The van der Waals surface area contributed by atoms with Crippen molar-refractivity contribution in [3.63, 3.8) is 0 Å². The second kappa shape index (κ2) is 6.42. The van der Waals surface area contributed by atoms with Gasteiger partial charge in [0, 0.05) is 13.1 Å². The minimum absolute atomic E-state index is 0.0333. The van der Waals surface area contributed by atoms with E-state index in [4.69, 9.17) is 9.15 Å². The number of alkyl halides is 2.